The van der Waals surface area contributed by atoms with Gasteiger partial charge in [0.1, 0.15) is 0 Å². The van der Waals surface area contributed by atoms with Crippen LogP contribution in [0.1, 0.15) is 24.0 Å². The summed E-state index contributed by atoms with van der Waals surface area (Å²) in [4.78, 5) is 10.9. The Hall–Kier alpha value is -1.83. The van der Waals surface area contributed by atoms with Crippen LogP contribution >= 0.6 is 0 Å². The van der Waals surface area contributed by atoms with E-state index in [0.717, 1.165) is 10.9 Å². The highest BCUT2D eigenvalue weighted by Crippen LogP contribution is 2.23. The van der Waals surface area contributed by atoms with Crippen LogP contribution in [0, 0.1) is 6.92 Å². The molecule has 0 fully saturated rings. The van der Waals surface area contributed by atoms with Crippen LogP contribution in [-0.2, 0) is 4.79 Å². The molecule has 2 rings (SSSR count). The third kappa shape index (κ3) is 1.78. The average Bonchev–Trinajstić information content (AvgIpc) is 2.28. The first kappa shape index (κ1) is 10.7. The van der Waals surface area contributed by atoms with Gasteiger partial charge < -0.3 is 5.11 Å². The first-order valence-electron chi connectivity index (χ1n) is 5.31. The SMILES string of the molecule is Cc1cccc2cc(C(C)C(=O)O)ccc12. The Kier molecular flexibility index (Phi) is 2.65. The molecule has 2 aromatic carbocycles. The molecule has 2 aromatic rings. The van der Waals surface area contributed by atoms with Crippen LogP contribution in [0.5, 0.6) is 0 Å². The van der Waals surface area contributed by atoms with Gasteiger partial charge in [-0.05, 0) is 35.7 Å². The summed E-state index contributed by atoms with van der Waals surface area (Å²) in [6.45, 7) is 3.77. The number of aryl methyl sites for hydroxylation is 1. The molecule has 0 radical (unpaired) electrons. The molecule has 0 amide bonds. The standard InChI is InChI=1S/C14H14O2/c1-9-4-3-5-12-8-11(6-7-13(9)12)10(2)14(15)16/h3-8,10H,1-2H3,(H,15,16). The minimum absolute atomic E-state index is 0.454. The lowest BCUT2D eigenvalue weighted by Gasteiger charge is -2.09. The van der Waals surface area contributed by atoms with E-state index in [1.165, 1.54) is 10.9 Å². The van der Waals surface area contributed by atoms with Crippen molar-refractivity contribution in [3.05, 3.63) is 47.5 Å². The van der Waals surface area contributed by atoms with Gasteiger partial charge in [0.05, 0.1) is 5.92 Å². The molecule has 0 heterocycles. The van der Waals surface area contributed by atoms with Gasteiger partial charge in [0.25, 0.3) is 0 Å². The van der Waals surface area contributed by atoms with Crippen LogP contribution < -0.4 is 0 Å². The molecule has 2 heteroatoms. The average molecular weight is 214 g/mol. The number of aliphatic carboxylic acids is 1. The number of rotatable bonds is 2. The Labute approximate surface area is 94.5 Å². The molecule has 16 heavy (non-hydrogen) atoms. The Balaban J connectivity index is 2.57. The minimum Gasteiger partial charge on any atom is -0.481 e. The van der Waals surface area contributed by atoms with E-state index < -0.39 is 11.9 Å². The quantitative estimate of drug-likeness (QED) is 0.832. The molecule has 1 atom stereocenters. The maximum Gasteiger partial charge on any atom is 0.310 e. The molecule has 0 saturated heterocycles. The summed E-state index contributed by atoms with van der Waals surface area (Å²) in [5.41, 5.74) is 2.07. The fourth-order valence-electron chi connectivity index (χ4n) is 1.88. The fraction of sp³-hybridized carbons (Fsp3) is 0.214. The lowest BCUT2D eigenvalue weighted by atomic mass is 9.96. The number of carbonyl (C=O) groups is 1. The maximum absolute atomic E-state index is 10.9. The Morgan fingerprint density at radius 1 is 1.25 bits per heavy atom. The topological polar surface area (TPSA) is 37.3 Å². The van der Waals surface area contributed by atoms with Crippen LogP contribution in [0.15, 0.2) is 36.4 Å². The van der Waals surface area contributed by atoms with Crippen molar-refractivity contribution in [3.63, 3.8) is 0 Å². The van der Waals surface area contributed by atoms with Gasteiger partial charge >= 0.3 is 5.97 Å². The van der Waals surface area contributed by atoms with Gasteiger partial charge in [-0.15, -0.1) is 0 Å². The summed E-state index contributed by atoms with van der Waals surface area (Å²) in [6, 6.07) is 11.9. The van der Waals surface area contributed by atoms with E-state index in [1.807, 2.05) is 30.3 Å². The summed E-state index contributed by atoms with van der Waals surface area (Å²) in [6.07, 6.45) is 0. The van der Waals surface area contributed by atoms with E-state index in [1.54, 1.807) is 6.92 Å². The molecule has 0 aromatic heterocycles. The van der Waals surface area contributed by atoms with E-state index >= 15 is 0 Å². The van der Waals surface area contributed by atoms with Crippen LogP contribution in [0.2, 0.25) is 0 Å². The van der Waals surface area contributed by atoms with E-state index in [9.17, 15) is 4.79 Å². The molecule has 0 saturated carbocycles. The van der Waals surface area contributed by atoms with Crippen LogP contribution in [0.25, 0.3) is 10.8 Å². The number of fused-ring (bicyclic) bond motifs is 1. The van der Waals surface area contributed by atoms with Crippen LogP contribution in [-0.4, -0.2) is 11.1 Å². The van der Waals surface area contributed by atoms with Crippen molar-refractivity contribution in [1.29, 1.82) is 0 Å². The van der Waals surface area contributed by atoms with Crippen molar-refractivity contribution in [2.45, 2.75) is 19.8 Å². The molecule has 0 spiro atoms. The number of carboxylic acid groups (broad SMARTS) is 1. The Morgan fingerprint density at radius 2 is 2.00 bits per heavy atom. The summed E-state index contributed by atoms with van der Waals surface area (Å²) < 4.78 is 0. The van der Waals surface area contributed by atoms with Gasteiger partial charge in [-0.2, -0.15) is 0 Å². The van der Waals surface area contributed by atoms with E-state index in [0.29, 0.717) is 0 Å². The molecular weight excluding hydrogens is 200 g/mol. The third-order valence-corrected chi connectivity index (χ3v) is 2.99. The van der Waals surface area contributed by atoms with Gasteiger partial charge in [-0.25, -0.2) is 0 Å². The second-order valence-electron chi connectivity index (χ2n) is 4.12. The van der Waals surface area contributed by atoms with Crippen molar-refractivity contribution in [3.8, 4) is 0 Å². The van der Waals surface area contributed by atoms with Gasteiger partial charge in [0, 0.05) is 0 Å². The fourth-order valence-corrected chi connectivity index (χ4v) is 1.88. The summed E-state index contributed by atoms with van der Waals surface area (Å²) in [5, 5.41) is 11.2. The molecule has 0 bridgehead atoms. The molecule has 0 aliphatic rings. The second kappa shape index (κ2) is 3.97. The van der Waals surface area contributed by atoms with Crippen molar-refractivity contribution in [1.82, 2.24) is 0 Å². The zero-order chi connectivity index (χ0) is 11.7. The molecule has 1 N–H and O–H groups in total. The zero-order valence-electron chi connectivity index (χ0n) is 9.40. The van der Waals surface area contributed by atoms with Crippen molar-refractivity contribution < 1.29 is 9.90 Å². The first-order valence-corrected chi connectivity index (χ1v) is 5.31. The molecule has 82 valence electrons. The largest absolute Gasteiger partial charge is 0.481 e. The molecular formula is C14H14O2. The first-order chi connectivity index (χ1) is 7.59. The number of carboxylic acids is 1. The van der Waals surface area contributed by atoms with Gasteiger partial charge in [-0.1, -0.05) is 36.4 Å². The second-order valence-corrected chi connectivity index (χ2v) is 4.12. The van der Waals surface area contributed by atoms with Crippen molar-refractivity contribution >= 4 is 16.7 Å². The number of hydrogen-bond donors (Lipinski definition) is 1. The van der Waals surface area contributed by atoms with Crippen LogP contribution in [0.3, 0.4) is 0 Å². The third-order valence-electron chi connectivity index (χ3n) is 2.99. The van der Waals surface area contributed by atoms with Gasteiger partial charge in [0.2, 0.25) is 0 Å². The number of benzene rings is 2. The highest BCUT2D eigenvalue weighted by Gasteiger charge is 2.13. The lowest BCUT2D eigenvalue weighted by molar-refractivity contribution is -0.138. The normalized spacial score (nSPS) is 12.6. The number of hydrogen-bond acceptors (Lipinski definition) is 1. The zero-order valence-corrected chi connectivity index (χ0v) is 9.40. The minimum atomic E-state index is -0.785. The van der Waals surface area contributed by atoms with E-state index in [-0.39, 0.29) is 0 Å². The van der Waals surface area contributed by atoms with E-state index in [4.69, 9.17) is 5.11 Å². The molecule has 0 aliphatic heterocycles. The monoisotopic (exact) mass is 214 g/mol. The van der Waals surface area contributed by atoms with Crippen molar-refractivity contribution in [2.75, 3.05) is 0 Å². The highest BCUT2D eigenvalue weighted by molar-refractivity contribution is 5.87. The van der Waals surface area contributed by atoms with Gasteiger partial charge in [0.15, 0.2) is 0 Å². The Morgan fingerprint density at radius 3 is 2.69 bits per heavy atom. The molecule has 0 aliphatic carbocycles. The smallest absolute Gasteiger partial charge is 0.310 e. The predicted octanol–water partition coefficient (Wildman–Crippen LogP) is 3.34. The molecule has 1 unspecified atom stereocenters. The summed E-state index contributed by atoms with van der Waals surface area (Å²) in [7, 11) is 0. The lowest BCUT2D eigenvalue weighted by Crippen LogP contribution is -2.07. The highest BCUT2D eigenvalue weighted by atomic mass is 16.4. The van der Waals surface area contributed by atoms with Crippen molar-refractivity contribution in [2.24, 2.45) is 0 Å². The Bertz CT molecular complexity index is 543. The predicted molar refractivity (Wildman–Crippen MR) is 64.7 cm³/mol. The summed E-state index contributed by atoms with van der Waals surface area (Å²) in [5.74, 6) is -1.24. The molecule has 2 nitrogen and oxygen atoms in total. The maximum atomic E-state index is 10.9. The van der Waals surface area contributed by atoms with E-state index in [2.05, 4.69) is 13.0 Å². The van der Waals surface area contributed by atoms with Gasteiger partial charge in [-0.3, -0.25) is 4.79 Å². The van der Waals surface area contributed by atoms with Crippen LogP contribution in [0.4, 0.5) is 0 Å². The summed E-state index contributed by atoms with van der Waals surface area (Å²) >= 11 is 0.